The van der Waals surface area contributed by atoms with Crippen LogP contribution in [0, 0.1) is 0 Å². The third-order valence-electron chi connectivity index (χ3n) is 3.31. The molecule has 0 bridgehead atoms. The van der Waals surface area contributed by atoms with E-state index in [0.29, 0.717) is 38.3 Å². The molecule has 0 aliphatic rings. The summed E-state index contributed by atoms with van der Waals surface area (Å²) in [6.45, 7) is 0. The lowest BCUT2D eigenvalue weighted by molar-refractivity contribution is -0.113. The number of aromatic nitrogens is 2. The lowest BCUT2D eigenvalue weighted by Gasteiger charge is -2.06. The van der Waals surface area contributed by atoms with Gasteiger partial charge in [-0.05, 0) is 35.9 Å². The van der Waals surface area contributed by atoms with Crippen molar-refractivity contribution in [3.63, 3.8) is 0 Å². The Morgan fingerprint density at radius 2 is 1.88 bits per heavy atom. The minimum absolute atomic E-state index is 0.123. The molecule has 24 heavy (non-hydrogen) atoms. The number of carbonyl (C=O) groups excluding carboxylic acids is 1. The Kier molecular flexibility index (Phi) is 5.18. The first-order chi connectivity index (χ1) is 11.5. The van der Waals surface area contributed by atoms with Crippen molar-refractivity contribution in [3.05, 3.63) is 62.5 Å². The van der Waals surface area contributed by atoms with E-state index in [1.54, 1.807) is 30.3 Å². The molecule has 3 N–H and O–H groups in total. The zero-order valence-electron chi connectivity index (χ0n) is 12.4. The van der Waals surface area contributed by atoms with Crippen molar-refractivity contribution in [2.75, 3.05) is 11.1 Å². The Balaban J connectivity index is 1.55. The van der Waals surface area contributed by atoms with Crippen LogP contribution in [0.4, 0.5) is 5.69 Å². The highest BCUT2D eigenvalue weighted by Gasteiger charge is 2.07. The fraction of sp³-hybridized carbons (Fsp3) is 0.125. The number of hydrogen-bond acceptors (Lipinski definition) is 3. The van der Waals surface area contributed by atoms with Gasteiger partial charge in [-0.15, -0.1) is 11.8 Å². The number of hydrogen-bond donors (Lipinski definition) is 3. The summed E-state index contributed by atoms with van der Waals surface area (Å²) in [6, 6.07) is 10.5. The SMILES string of the molecule is O=C(CSCc1ccc(Cl)cc1Cl)Nc1ccc2[nH]c(=O)[nH]c2c1. The van der Waals surface area contributed by atoms with Gasteiger partial charge in [0.2, 0.25) is 5.91 Å². The number of thioether (sulfide) groups is 1. The van der Waals surface area contributed by atoms with Crippen LogP contribution in [0.3, 0.4) is 0 Å². The molecule has 1 heterocycles. The summed E-state index contributed by atoms with van der Waals surface area (Å²) in [7, 11) is 0. The number of rotatable bonds is 5. The van der Waals surface area contributed by atoms with Crippen molar-refractivity contribution >= 4 is 57.6 Å². The van der Waals surface area contributed by atoms with Gasteiger partial charge in [0.1, 0.15) is 0 Å². The Morgan fingerprint density at radius 1 is 1.08 bits per heavy atom. The summed E-state index contributed by atoms with van der Waals surface area (Å²) < 4.78 is 0. The van der Waals surface area contributed by atoms with Gasteiger partial charge in [-0.25, -0.2) is 4.79 Å². The Morgan fingerprint density at radius 3 is 2.67 bits per heavy atom. The van der Waals surface area contributed by atoms with Gasteiger partial charge < -0.3 is 15.3 Å². The largest absolute Gasteiger partial charge is 0.325 e. The number of amides is 1. The molecular weight excluding hydrogens is 369 g/mol. The second-order valence-electron chi connectivity index (χ2n) is 5.12. The van der Waals surface area contributed by atoms with Crippen LogP contribution in [0.15, 0.2) is 41.2 Å². The maximum Gasteiger partial charge on any atom is 0.323 e. The Hall–Kier alpha value is -1.89. The normalized spacial score (nSPS) is 10.9. The fourth-order valence-corrected chi connectivity index (χ4v) is 3.59. The summed E-state index contributed by atoms with van der Waals surface area (Å²) in [5, 5.41) is 3.99. The lowest BCUT2D eigenvalue weighted by Crippen LogP contribution is -2.14. The molecule has 2 aromatic carbocycles. The molecule has 0 aliphatic heterocycles. The summed E-state index contributed by atoms with van der Waals surface area (Å²) in [5.74, 6) is 0.788. The monoisotopic (exact) mass is 381 g/mol. The number of imidazole rings is 1. The quantitative estimate of drug-likeness (QED) is 0.623. The predicted octanol–water partition coefficient (Wildman–Crippen LogP) is 4.03. The molecule has 3 rings (SSSR count). The Bertz CT molecular complexity index is 952. The van der Waals surface area contributed by atoms with Gasteiger partial charge in [0.05, 0.1) is 16.8 Å². The number of fused-ring (bicyclic) bond motifs is 1. The average molecular weight is 382 g/mol. The molecular formula is C16H13Cl2N3O2S. The number of carbonyl (C=O) groups is 1. The Labute approximate surface area is 151 Å². The number of halogens is 2. The van der Waals surface area contributed by atoms with Crippen molar-refractivity contribution in [3.8, 4) is 0 Å². The molecule has 0 unspecified atom stereocenters. The highest BCUT2D eigenvalue weighted by atomic mass is 35.5. The third kappa shape index (κ3) is 4.14. The van der Waals surface area contributed by atoms with Gasteiger partial charge in [-0.1, -0.05) is 29.3 Å². The van der Waals surface area contributed by atoms with Crippen molar-refractivity contribution in [1.82, 2.24) is 9.97 Å². The van der Waals surface area contributed by atoms with Gasteiger partial charge in [-0.2, -0.15) is 0 Å². The molecule has 0 fully saturated rings. The highest BCUT2D eigenvalue weighted by molar-refractivity contribution is 7.99. The zero-order valence-corrected chi connectivity index (χ0v) is 14.7. The number of benzene rings is 2. The van der Waals surface area contributed by atoms with Crippen molar-refractivity contribution < 1.29 is 4.79 Å². The number of anilines is 1. The maximum absolute atomic E-state index is 12.0. The first kappa shape index (κ1) is 17.0. The van der Waals surface area contributed by atoms with E-state index in [1.807, 2.05) is 6.07 Å². The summed E-state index contributed by atoms with van der Waals surface area (Å²) >= 11 is 13.4. The van der Waals surface area contributed by atoms with E-state index in [4.69, 9.17) is 23.2 Å². The summed E-state index contributed by atoms with van der Waals surface area (Å²) in [4.78, 5) is 28.5. The van der Waals surface area contributed by atoms with Gasteiger partial charge in [0.15, 0.2) is 0 Å². The van der Waals surface area contributed by atoms with Gasteiger partial charge in [0, 0.05) is 21.5 Å². The average Bonchev–Trinajstić information content (AvgIpc) is 2.89. The lowest BCUT2D eigenvalue weighted by atomic mass is 10.2. The van der Waals surface area contributed by atoms with Crippen LogP contribution in [-0.4, -0.2) is 21.6 Å². The van der Waals surface area contributed by atoms with Crippen LogP contribution in [0.25, 0.3) is 11.0 Å². The van der Waals surface area contributed by atoms with Crippen LogP contribution in [0.2, 0.25) is 10.0 Å². The molecule has 8 heteroatoms. The van der Waals surface area contributed by atoms with Crippen molar-refractivity contribution in [2.45, 2.75) is 5.75 Å². The number of aromatic amines is 2. The molecule has 0 saturated heterocycles. The highest BCUT2D eigenvalue weighted by Crippen LogP contribution is 2.24. The molecule has 124 valence electrons. The fourth-order valence-electron chi connectivity index (χ4n) is 2.20. The van der Waals surface area contributed by atoms with Gasteiger partial charge >= 0.3 is 5.69 Å². The smallest absolute Gasteiger partial charge is 0.323 e. The minimum Gasteiger partial charge on any atom is -0.325 e. The topological polar surface area (TPSA) is 77.8 Å². The first-order valence-corrected chi connectivity index (χ1v) is 8.96. The number of nitrogens with one attached hydrogen (secondary N) is 3. The van der Waals surface area contributed by atoms with Crippen LogP contribution >= 0.6 is 35.0 Å². The van der Waals surface area contributed by atoms with Gasteiger partial charge in [0.25, 0.3) is 0 Å². The van der Waals surface area contributed by atoms with Crippen LogP contribution in [0.1, 0.15) is 5.56 Å². The van der Waals surface area contributed by atoms with E-state index < -0.39 is 0 Å². The second-order valence-corrected chi connectivity index (χ2v) is 6.95. The van der Waals surface area contributed by atoms with Crippen molar-refractivity contribution in [2.24, 2.45) is 0 Å². The molecule has 0 spiro atoms. The van der Waals surface area contributed by atoms with Crippen LogP contribution in [-0.2, 0) is 10.5 Å². The second kappa shape index (κ2) is 7.34. The molecule has 1 amide bonds. The maximum atomic E-state index is 12.0. The molecule has 3 aromatic rings. The minimum atomic E-state index is -0.274. The first-order valence-electron chi connectivity index (χ1n) is 7.05. The standard InChI is InChI=1S/C16H13Cl2N3O2S/c17-10-2-1-9(12(18)5-10)7-24-8-15(22)19-11-3-4-13-14(6-11)21-16(23)20-13/h1-6H,7-8H2,(H,19,22)(H2,20,21,23). The van der Waals surface area contributed by atoms with E-state index in [2.05, 4.69) is 15.3 Å². The van der Waals surface area contributed by atoms with E-state index in [1.165, 1.54) is 11.8 Å². The third-order valence-corrected chi connectivity index (χ3v) is 4.87. The molecule has 0 aliphatic carbocycles. The number of H-pyrrole nitrogens is 2. The molecule has 0 saturated carbocycles. The zero-order chi connectivity index (χ0) is 17.1. The molecule has 0 atom stereocenters. The summed E-state index contributed by atoms with van der Waals surface area (Å²) in [5.41, 5.74) is 2.64. The van der Waals surface area contributed by atoms with Crippen LogP contribution in [0.5, 0.6) is 0 Å². The van der Waals surface area contributed by atoms with Crippen LogP contribution < -0.4 is 11.0 Å². The molecule has 1 aromatic heterocycles. The van der Waals surface area contributed by atoms with E-state index in [0.717, 1.165) is 5.56 Å². The van der Waals surface area contributed by atoms with Crippen molar-refractivity contribution in [1.29, 1.82) is 0 Å². The summed E-state index contributed by atoms with van der Waals surface area (Å²) in [6.07, 6.45) is 0. The molecule has 5 nitrogen and oxygen atoms in total. The van der Waals surface area contributed by atoms with E-state index >= 15 is 0 Å². The predicted molar refractivity (Wildman–Crippen MR) is 100 cm³/mol. The molecule has 0 radical (unpaired) electrons. The van der Waals surface area contributed by atoms with E-state index in [-0.39, 0.29) is 11.6 Å². The van der Waals surface area contributed by atoms with E-state index in [9.17, 15) is 9.59 Å². The van der Waals surface area contributed by atoms with Gasteiger partial charge in [-0.3, -0.25) is 4.79 Å².